The number of pyridine rings is 1. The van der Waals surface area contributed by atoms with Crippen molar-refractivity contribution < 1.29 is 18.0 Å². The van der Waals surface area contributed by atoms with E-state index in [1.165, 1.54) is 17.0 Å². The van der Waals surface area contributed by atoms with E-state index in [1.54, 1.807) is 23.1 Å². The van der Waals surface area contributed by atoms with E-state index in [2.05, 4.69) is 10.1 Å². The second-order valence-corrected chi connectivity index (χ2v) is 8.50. The molecule has 0 aliphatic carbocycles. The molecule has 4 heterocycles. The van der Waals surface area contributed by atoms with Crippen LogP contribution in [0.2, 0.25) is 0 Å². The van der Waals surface area contributed by atoms with E-state index in [0.29, 0.717) is 41.4 Å². The fourth-order valence-electron chi connectivity index (χ4n) is 4.33. The number of amides is 1. The Kier molecular flexibility index (Phi) is 7.35. The highest BCUT2D eigenvalue weighted by atomic mass is 32.1. The molecule has 0 fully saturated rings. The van der Waals surface area contributed by atoms with E-state index < -0.39 is 11.7 Å². The van der Waals surface area contributed by atoms with Gasteiger partial charge < -0.3 is 10.6 Å². The number of aromatic nitrogens is 3. The van der Waals surface area contributed by atoms with Crippen LogP contribution in [-0.2, 0) is 6.18 Å². The van der Waals surface area contributed by atoms with E-state index in [9.17, 15) is 18.0 Å². The number of aliphatic imine (C=N–C) groups is 1. The zero-order valence-corrected chi connectivity index (χ0v) is 20.0. The number of fused-ring (bicyclic) bond motifs is 1. The van der Waals surface area contributed by atoms with Crippen LogP contribution in [0.25, 0.3) is 5.70 Å². The first-order chi connectivity index (χ1) is 16.1. The summed E-state index contributed by atoms with van der Waals surface area (Å²) in [6.45, 7) is 4.15. The van der Waals surface area contributed by atoms with Gasteiger partial charge in [-0.3, -0.25) is 14.5 Å². The molecule has 2 aliphatic heterocycles. The van der Waals surface area contributed by atoms with Gasteiger partial charge in [-0.25, -0.2) is 4.98 Å². The van der Waals surface area contributed by atoms with E-state index in [1.807, 2.05) is 19.9 Å². The van der Waals surface area contributed by atoms with Gasteiger partial charge in [0.15, 0.2) is 0 Å². The van der Waals surface area contributed by atoms with Crippen LogP contribution < -0.4 is 10.6 Å². The molecule has 1 amide bonds. The van der Waals surface area contributed by atoms with Gasteiger partial charge in [0.2, 0.25) is 0 Å². The second-order valence-electron chi connectivity index (χ2n) is 8.50. The quantitative estimate of drug-likeness (QED) is 0.500. The molecule has 190 valence electrons. The molecule has 0 radical (unpaired) electrons. The number of hydrogen-bond donors (Lipinski definition) is 1. The number of nitrogens with two attached hydrogens (primary N) is 1. The van der Waals surface area contributed by atoms with Crippen molar-refractivity contribution in [3.8, 4) is 0 Å². The van der Waals surface area contributed by atoms with Gasteiger partial charge in [-0.05, 0) is 55.8 Å². The Balaban J connectivity index is 0.00000180. The molecule has 7 nitrogen and oxygen atoms in total. The number of carbonyl (C=O) groups excluding carboxylic acids is 1. The first-order valence-corrected chi connectivity index (χ1v) is 10.7. The highest BCUT2D eigenvalue weighted by Crippen LogP contribution is 2.37. The maximum atomic E-state index is 13.5. The van der Waals surface area contributed by atoms with Crippen molar-refractivity contribution in [1.82, 2.24) is 14.8 Å². The first kappa shape index (κ1) is 27.0. The number of halogens is 3. The van der Waals surface area contributed by atoms with Crippen LogP contribution >= 0.6 is 13.5 Å². The predicted molar refractivity (Wildman–Crippen MR) is 140 cm³/mol. The zero-order valence-electron chi connectivity index (χ0n) is 19.0. The smallest absolute Gasteiger partial charge is 0.384 e. The maximum absolute atomic E-state index is 13.5. The molecule has 0 saturated carbocycles. The van der Waals surface area contributed by atoms with Gasteiger partial charge in [-0.15, -0.1) is 0 Å². The number of alkyl halides is 3. The standard InChI is InChI=1S/C24H21F3N6O.CH4.H2S/c1-13-9-19(15-3-8-20(28)29-10-15)31-21(13)18-11-30-33-14(2)12-32(23(34)22(18)33)17-6-4-16(5-7-17)24(25,26)27;;/h3-8,10-11,14H,9,12H2,1-2H3,(H2,28,29);1H4;1H2/t14-;;/m0../s1. The Morgan fingerprint density at radius 2 is 1.78 bits per heavy atom. The highest BCUT2D eigenvalue weighted by Gasteiger charge is 2.36. The molecule has 5 rings (SSSR count). The fourth-order valence-corrected chi connectivity index (χ4v) is 4.33. The molecule has 0 bridgehead atoms. The van der Waals surface area contributed by atoms with Crippen LogP contribution in [0, 0.1) is 0 Å². The Morgan fingerprint density at radius 1 is 1.08 bits per heavy atom. The molecule has 0 unspecified atom stereocenters. The summed E-state index contributed by atoms with van der Waals surface area (Å²) < 4.78 is 40.6. The van der Waals surface area contributed by atoms with Crippen molar-refractivity contribution in [3.05, 3.63) is 76.7 Å². The monoisotopic (exact) mass is 516 g/mol. The topological polar surface area (TPSA) is 89.4 Å². The van der Waals surface area contributed by atoms with Crippen LogP contribution in [0.3, 0.4) is 0 Å². The summed E-state index contributed by atoms with van der Waals surface area (Å²) in [5, 5.41) is 4.44. The number of allylic oxidation sites excluding steroid dienone is 1. The Hall–Kier alpha value is -3.60. The molecule has 1 atom stereocenters. The minimum Gasteiger partial charge on any atom is -0.384 e. The molecule has 2 aromatic heterocycles. The lowest BCUT2D eigenvalue weighted by Gasteiger charge is -2.32. The number of nitrogen functional groups attached to an aromatic ring is 1. The van der Waals surface area contributed by atoms with Gasteiger partial charge >= 0.3 is 6.18 Å². The van der Waals surface area contributed by atoms with Gasteiger partial charge in [0.05, 0.1) is 34.8 Å². The van der Waals surface area contributed by atoms with Crippen molar-refractivity contribution in [3.63, 3.8) is 0 Å². The molecule has 0 spiro atoms. The molecule has 2 N–H and O–H groups in total. The lowest BCUT2D eigenvalue weighted by molar-refractivity contribution is -0.137. The number of nitrogens with zero attached hydrogens (tertiary/aromatic N) is 5. The minimum absolute atomic E-state index is 0. The summed E-state index contributed by atoms with van der Waals surface area (Å²) in [7, 11) is 0. The summed E-state index contributed by atoms with van der Waals surface area (Å²) in [6.07, 6.45) is -0.548. The number of anilines is 2. The van der Waals surface area contributed by atoms with E-state index in [4.69, 9.17) is 10.7 Å². The third-order valence-electron chi connectivity index (χ3n) is 6.07. The second kappa shape index (κ2) is 9.81. The molecule has 36 heavy (non-hydrogen) atoms. The molecule has 0 saturated heterocycles. The molecule has 3 aromatic rings. The Labute approximate surface area is 214 Å². The molecule has 2 aliphatic rings. The van der Waals surface area contributed by atoms with E-state index in [-0.39, 0.29) is 32.9 Å². The lowest BCUT2D eigenvalue weighted by Crippen LogP contribution is -2.43. The van der Waals surface area contributed by atoms with E-state index >= 15 is 0 Å². The molecule has 1 aromatic carbocycles. The van der Waals surface area contributed by atoms with Crippen molar-refractivity contribution >= 4 is 42.3 Å². The van der Waals surface area contributed by atoms with Gasteiger partial charge in [0, 0.05) is 30.4 Å². The summed E-state index contributed by atoms with van der Waals surface area (Å²) in [5.74, 6) is 0.0874. The third-order valence-corrected chi connectivity index (χ3v) is 6.07. The van der Waals surface area contributed by atoms with Gasteiger partial charge in [0.25, 0.3) is 5.91 Å². The molecular weight excluding hydrogens is 489 g/mol. The van der Waals surface area contributed by atoms with E-state index in [0.717, 1.165) is 29.0 Å². The summed E-state index contributed by atoms with van der Waals surface area (Å²) in [4.78, 5) is 23.9. The fraction of sp³-hybridized carbons (Fsp3) is 0.280. The van der Waals surface area contributed by atoms with Crippen LogP contribution in [0.5, 0.6) is 0 Å². The number of rotatable bonds is 3. The predicted octanol–water partition coefficient (Wildman–Crippen LogP) is 5.47. The van der Waals surface area contributed by atoms with Crippen molar-refractivity contribution in [1.29, 1.82) is 0 Å². The van der Waals surface area contributed by atoms with Gasteiger partial charge in [-0.1, -0.05) is 7.43 Å². The SMILES string of the molecule is C.CC1=C(c2cnn3c2C(=O)N(c2ccc(C(F)(F)F)cc2)C[C@@H]3C)N=C(c2ccc(N)nc2)C1.S. The van der Waals surface area contributed by atoms with Crippen molar-refractivity contribution in [2.24, 2.45) is 4.99 Å². The molecular formula is C25H27F3N6OS. The summed E-state index contributed by atoms with van der Waals surface area (Å²) in [6, 6.07) is 8.01. The average Bonchev–Trinajstić information content (AvgIpc) is 3.40. The van der Waals surface area contributed by atoms with Crippen LogP contribution in [0.15, 0.2) is 59.4 Å². The van der Waals surface area contributed by atoms with Crippen LogP contribution in [0.1, 0.15) is 60.9 Å². The van der Waals surface area contributed by atoms with Crippen molar-refractivity contribution in [2.75, 3.05) is 17.2 Å². The average molecular weight is 517 g/mol. The first-order valence-electron chi connectivity index (χ1n) is 10.7. The Morgan fingerprint density at radius 3 is 2.39 bits per heavy atom. The number of benzene rings is 1. The number of hydrogen-bond acceptors (Lipinski definition) is 5. The van der Waals surface area contributed by atoms with Crippen molar-refractivity contribution in [2.45, 2.75) is 39.9 Å². The lowest BCUT2D eigenvalue weighted by atomic mass is 10.0. The summed E-state index contributed by atoms with van der Waals surface area (Å²) >= 11 is 0. The van der Waals surface area contributed by atoms with Crippen LogP contribution in [-0.4, -0.2) is 32.9 Å². The number of carbonyl (C=O) groups is 1. The normalized spacial score (nSPS) is 17.4. The minimum atomic E-state index is -4.44. The summed E-state index contributed by atoms with van der Waals surface area (Å²) in [5.41, 5.74) is 9.60. The molecule has 11 heteroatoms. The van der Waals surface area contributed by atoms with Gasteiger partial charge in [0.1, 0.15) is 11.5 Å². The van der Waals surface area contributed by atoms with Crippen LogP contribution in [0.4, 0.5) is 24.7 Å². The Bertz CT molecular complexity index is 1340. The zero-order chi connectivity index (χ0) is 24.2. The maximum Gasteiger partial charge on any atom is 0.416 e. The largest absolute Gasteiger partial charge is 0.416 e. The van der Waals surface area contributed by atoms with Gasteiger partial charge in [-0.2, -0.15) is 31.8 Å². The highest BCUT2D eigenvalue weighted by molar-refractivity contribution is 7.59. The third kappa shape index (κ3) is 4.62.